The molecule has 3 aliphatic rings. The number of hydrogen-bond donors (Lipinski definition) is 3. The van der Waals surface area contributed by atoms with Crippen molar-refractivity contribution in [3.8, 4) is 5.75 Å². The maximum absolute atomic E-state index is 13.9. The summed E-state index contributed by atoms with van der Waals surface area (Å²) in [5, 5.41) is 21.9. The summed E-state index contributed by atoms with van der Waals surface area (Å²) < 4.78 is 10.7. The Balaban J connectivity index is 1.99. The molecule has 3 aliphatic carbocycles. The van der Waals surface area contributed by atoms with Gasteiger partial charge in [-0.3, -0.25) is 24.0 Å². The van der Waals surface area contributed by atoms with Gasteiger partial charge < -0.3 is 30.3 Å². The van der Waals surface area contributed by atoms with Gasteiger partial charge in [-0.15, -0.1) is 0 Å². The molecule has 11 nitrogen and oxygen atoms in total. The predicted molar refractivity (Wildman–Crippen MR) is 124 cm³/mol. The van der Waals surface area contributed by atoms with Crippen LogP contribution in [0.2, 0.25) is 0 Å². The highest BCUT2D eigenvalue weighted by molar-refractivity contribution is 6.25. The van der Waals surface area contributed by atoms with Gasteiger partial charge in [0.1, 0.15) is 17.1 Å². The van der Waals surface area contributed by atoms with Crippen LogP contribution < -0.4 is 15.4 Å². The Bertz CT molecular complexity index is 1310. The van der Waals surface area contributed by atoms with Crippen LogP contribution in [0.25, 0.3) is 0 Å². The molecule has 0 radical (unpaired) electrons. The highest BCUT2D eigenvalue weighted by Gasteiger charge is 2.63. The number of Topliss-reactive ketones (excluding diaryl/α,β-unsaturated/α-hetero) is 2. The van der Waals surface area contributed by atoms with Crippen molar-refractivity contribution in [2.24, 2.45) is 17.6 Å². The van der Waals surface area contributed by atoms with E-state index in [4.69, 9.17) is 15.2 Å². The fourth-order valence-electron chi connectivity index (χ4n) is 5.63. The number of carbonyl (C=O) groups excluding carboxylic acids is 5. The number of nitrogens with zero attached hydrogens (tertiary/aromatic N) is 1. The average molecular weight is 498 g/mol. The molecule has 4 N–H and O–H groups in total. The van der Waals surface area contributed by atoms with Crippen molar-refractivity contribution >= 4 is 35.1 Å². The number of allylic oxidation sites excluding steroid dienone is 2. The Morgan fingerprint density at radius 2 is 1.75 bits per heavy atom. The first-order valence-electron chi connectivity index (χ1n) is 11.3. The predicted octanol–water partition coefficient (Wildman–Crippen LogP) is 1.44. The standard InChI is InChI=1S/C25H26N2O9/c1-10(28)35-17-6-5-15(27(3)4)14-8-12-7-13-9-16(30)20(24(26)34)23(33)25(13,36-11(2)29)22(32)18(12)21(31)19(14)17/h5-6,12-13,30,32H,7-9H2,1-4H3,(H2,26,34)/t12-,13+,25+/m1/s1. The smallest absolute Gasteiger partial charge is 0.308 e. The Morgan fingerprint density at radius 3 is 2.31 bits per heavy atom. The van der Waals surface area contributed by atoms with E-state index in [0.29, 0.717) is 11.3 Å². The third-order valence-corrected chi connectivity index (χ3v) is 6.91. The number of ketones is 2. The number of primary amides is 1. The third kappa shape index (κ3) is 3.53. The first-order valence-corrected chi connectivity index (χ1v) is 11.3. The first-order chi connectivity index (χ1) is 16.8. The fourth-order valence-corrected chi connectivity index (χ4v) is 5.63. The van der Waals surface area contributed by atoms with Gasteiger partial charge in [0.25, 0.3) is 5.91 Å². The van der Waals surface area contributed by atoms with Crippen LogP contribution in [0.15, 0.2) is 34.8 Å². The van der Waals surface area contributed by atoms with Crippen molar-refractivity contribution in [1.29, 1.82) is 0 Å². The number of esters is 2. The number of rotatable bonds is 4. The van der Waals surface area contributed by atoms with Crippen molar-refractivity contribution < 1.29 is 43.7 Å². The molecule has 0 spiro atoms. The molecule has 0 fully saturated rings. The van der Waals surface area contributed by atoms with E-state index < -0.39 is 63.9 Å². The molecule has 4 rings (SSSR count). The van der Waals surface area contributed by atoms with E-state index in [1.807, 2.05) is 0 Å². The Labute approximate surface area is 206 Å². The second-order valence-electron chi connectivity index (χ2n) is 9.40. The van der Waals surface area contributed by atoms with Gasteiger partial charge in [0, 0.05) is 51.5 Å². The number of carbonyl (C=O) groups is 5. The van der Waals surface area contributed by atoms with E-state index in [9.17, 15) is 34.2 Å². The lowest BCUT2D eigenvalue weighted by Crippen LogP contribution is -2.59. The zero-order chi connectivity index (χ0) is 26.7. The molecule has 190 valence electrons. The van der Waals surface area contributed by atoms with Crippen molar-refractivity contribution in [2.45, 2.75) is 38.7 Å². The molecule has 0 saturated heterocycles. The van der Waals surface area contributed by atoms with Gasteiger partial charge >= 0.3 is 11.9 Å². The van der Waals surface area contributed by atoms with Crippen LogP contribution >= 0.6 is 0 Å². The van der Waals surface area contributed by atoms with Gasteiger partial charge in [0.15, 0.2) is 11.5 Å². The molecule has 0 aliphatic heterocycles. The minimum absolute atomic E-state index is 0.0131. The van der Waals surface area contributed by atoms with Crippen molar-refractivity contribution in [1.82, 2.24) is 0 Å². The highest BCUT2D eigenvalue weighted by Crippen LogP contribution is 2.53. The number of aliphatic hydroxyl groups is 2. The summed E-state index contributed by atoms with van der Waals surface area (Å²) in [5.74, 6) is -7.70. The lowest BCUT2D eigenvalue weighted by Gasteiger charge is -2.47. The van der Waals surface area contributed by atoms with E-state index in [2.05, 4.69) is 0 Å². The molecule has 0 saturated carbocycles. The monoisotopic (exact) mass is 498 g/mol. The molecular weight excluding hydrogens is 472 g/mol. The fraction of sp³-hybridized carbons (Fsp3) is 0.400. The number of fused-ring (bicyclic) bond motifs is 3. The lowest BCUT2D eigenvalue weighted by molar-refractivity contribution is -0.173. The van der Waals surface area contributed by atoms with E-state index in [0.717, 1.165) is 6.92 Å². The summed E-state index contributed by atoms with van der Waals surface area (Å²) >= 11 is 0. The number of nitrogens with two attached hydrogens (primary N) is 1. The summed E-state index contributed by atoms with van der Waals surface area (Å²) in [4.78, 5) is 65.0. The maximum atomic E-state index is 13.9. The number of ether oxygens (including phenoxy) is 2. The first kappa shape index (κ1) is 25.0. The molecule has 0 aromatic heterocycles. The molecule has 11 heteroatoms. The van der Waals surface area contributed by atoms with Crippen LogP contribution in [0.3, 0.4) is 0 Å². The highest BCUT2D eigenvalue weighted by atomic mass is 16.6. The third-order valence-electron chi connectivity index (χ3n) is 6.91. The van der Waals surface area contributed by atoms with E-state index in [1.165, 1.54) is 13.0 Å². The SMILES string of the molecule is CC(=O)Oc1ccc(N(C)C)c2c1C(=O)C1=C(O)[C@]3(OC(C)=O)C(=O)C(C(N)=O)=C(O)C[C@@H]3C[C@@H]1C2. The van der Waals surface area contributed by atoms with Gasteiger partial charge in [-0.05, 0) is 36.5 Å². The molecule has 0 heterocycles. The minimum Gasteiger partial charge on any atom is -0.511 e. The molecule has 1 aromatic rings. The second-order valence-corrected chi connectivity index (χ2v) is 9.40. The maximum Gasteiger partial charge on any atom is 0.308 e. The number of hydrogen-bond acceptors (Lipinski definition) is 10. The normalized spacial score (nSPS) is 25.0. The van der Waals surface area contributed by atoms with E-state index >= 15 is 0 Å². The molecule has 36 heavy (non-hydrogen) atoms. The topological polar surface area (TPSA) is 174 Å². The molecule has 1 amide bonds. The van der Waals surface area contributed by atoms with Crippen LogP contribution in [-0.4, -0.2) is 59.3 Å². The zero-order valence-electron chi connectivity index (χ0n) is 20.2. The summed E-state index contributed by atoms with van der Waals surface area (Å²) in [6.07, 6.45) is 0.0294. The summed E-state index contributed by atoms with van der Waals surface area (Å²) in [6, 6.07) is 3.18. The van der Waals surface area contributed by atoms with Crippen LogP contribution in [0.1, 0.15) is 42.6 Å². The van der Waals surface area contributed by atoms with E-state index in [-0.39, 0.29) is 36.1 Å². The largest absolute Gasteiger partial charge is 0.511 e. The van der Waals surface area contributed by atoms with Gasteiger partial charge in [-0.2, -0.15) is 0 Å². The van der Waals surface area contributed by atoms with Gasteiger partial charge in [-0.25, -0.2) is 0 Å². The van der Waals surface area contributed by atoms with Crippen LogP contribution in [0, 0.1) is 11.8 Å². The van der Waals surface area contributed by atoms with Crippen LogP contribution in [0.4, 0.5) is 5.69 Å². The Morgan fingerprint density at radius 1 is 1.08 bits per heavy atom. The van der Waals surface area contributed by atoms with Crippen LogP contribution in [0.5, 0.6) is 5.75 Å². The summed E-state index contributed by atoms with van der Waals surface area (Å²) in [7, 11) is 3.57. The average Bonchev–Trinajstić information content (AvgIpc) is 2.74. The lowest BCUT2D eigenvalue weighted by atomic mass is 9.60. The molecule has 1 aromatic carbocycles. The van der Waals surface area contributed by atoms with Crippen molar-refractivity contribution in [2.75, 3.05) is 19.0 Å². The van der Waals surface area contributed by atoms with Gasteiger partial charge in [0.2, 0.25) is 11.4 Å². The quantitative estimate of drug-likeness (QED) is 0.313. The van der Waals surface area contributed by atoms with Gasteiger partial charge in [-0.1, -0.05) is 0 Å². The number of anilines is 1. The second kappa shape index (κ2) is 8.51. The van der Waals surface area contributed by atoms with E-state index in [1.54, 1.807) is 25.1 Å². The summed E-state index contributed by atoms with van der Waals surface area (Å²) in [6.45, 7) is 2.20. The molecule has 0 unspecified atom stereocenters. The van der Waals surface area contributed by atoms with Gasteiger partial charge in [0.05, 0.1) is 5.56 Å². The molecule has 3 atom stereocenters. The molecular formula is C25H26N2O9. The van der Waals surface area contributed by atoms with Crippen molar-refractivity contribution in [3.63, 3.8) is 0 Å². The number of aliphatic hydroxyl groups excluding tert-OH is 2. The molecule has 0 bridgehead atoms. The number of amides is 1. The Kier molecular flexibility index (Phi) is 5.90. The zero-order valence-corrected chi connectivity index (χ0v) is 20.2. The minimum atomic E-state index is -2.40. The van der Waals surface area contributed by atoms with Crippen molar-refractivity contribution in [3.05, 3.63) is 45.9 Å². The number of benzene rings is 1. The summed E-state index contributed by atoms with van der Waals surface area (Å²) in [5.41, 5.74) is 3.26. The Hall–Kier alpha value is -4.15. The van der Waals surface area contributed by atoms with Crippen LogP contribution in [-0.2, 0) is 30.3 Å².